The summed E-state index contributed by atoms with van der Waals surface area (Å²) >= 11 is 3.46. The van der Waals surface area contributed by atoms with Crippen molar-refractivity contribution in [2.45, 2.75) is 13.5 Å². The third-order valence-corrected chi connectivity index (χ3v) is 3.76. The molecular formula is C14H16BrN5. The zero-order chi connectivity index (χ0) is 14.1. The van der Waals surface area contributed by atoms with E-state index in [2.05, 4.69) is 38.3 Å². The van der Waals surface area contributed by atoms with Gasteiger partial charge in [0.1, 0.15) is 5.52 Å². The van der Waals surface area contributed by atoms with Crippen molar-refractivity contribution in [2.24, 2.45) is 0 Å². The lowest BCUT2D eigenvalue weighted by atomic mass is 10.1. The number of nitrogens with zero attached hydrogens (tertiary/aromatic N) is 3. The normalized spacial score (nSPS) is 11.5. The Kier molecular flexibility index (Phi) is 3.58. The number of likely N-dealkylation sites (N-methyl/N-ethyl adjacent to an activating group) is 1. The maximum Gasteiger partial charge on any atom is 0.152 e. The van der Waals surface area contributed by atoms with Gasteiger partial charge in [0.25, 0.3) is 0 Å². The SMILES string of the molecule is CCNCCn1cc2c(n1)c(N)nc1cc(Br)ccc12. The van der Waals surface area contributed by atoms with Gasteiger partial charge in [-0.25, -0.2) is 4.98 Å². The standard InChI is InChI=1S/C14H16BrN5/c1-2-17-5-6-20-8-11-10-4-3-9(15)7-12(10)18-14(16)13(11)19-20/h3-4,7-8,17H,2,5-6H2,1H3,(H2,16,18). The van der Waals surface area contributed by atoms with Crippen molar-refractivity contribution in [1.82, 2.24) is 20.1 Å². The smallest absolute Gasteiger partial charge is 0.152 e. The molecule has 0 aliphatic rings. The van der Waals surface area contributed by atoms with Crippen LogP contribution < -0.4 is 11.1 Å². The summed E-state index contributed by atoms with van der Waals surface area (Å²) in [7, 11) is 0. The van der Waals surface area contributed by atoms with E-state index in [-0.39, 0.29) is 0 Å². The van der Waals surface area contributed by atoms with Gasteiger partial charge in [0.2, 0.25) is 0 Å². The van der Waals surface area contributed by atoms with Gasteiger partial charge >= 0.3 is 0 Å². The number of hydrogen-bond donors (Lipinski definition) is 2. The number of benzene rings is 1. The first-order valence-corrected chi connectivity index (χ1v) is 7.41. The van der Waals surface area contributed by atoms with Crippen LogP contribution in [0.5, 0.6) is 0 Å². The van der Waals surface area contributed by atoms with Gasteiger partial charge in [-0.3, -0.25) is 4.68 Å². The molecule has 0 unspecified atom stereocenters. The molecule has 3 N–H and O–H groups in total. The molecule has 0 radical (unpaired) electrons. The van der Waals surface area contributed by atoms with E-state index in [1.165, 1.54) is 0 Å². The molecule has 2 aromatic heterocycles. The first-order valence-electron chi connectivity index (χ1n) is 6.61. The summed E-state index contributed by atoms with van der Waals surface area (Å²) in [5.41, 5.74) is 7.68. The largest absolute Gasteiger partial charge is 0.382 e. The minimum absolute atomic E-state index is 0.479. The van der Waals surface area contributed by atoms with Crippen LogP contribution in [-0.4, -0.2) is 27.9 Å². The Labute approximate surface area is 125 Å². The molecule has 0 amide bonds. The molecule has 0 fully saturated rings. The third kappa shape index (κ3) is 2.36. The van der Waals surface area contributed by atoms with Crippen molar-refractivity contribution in [2.75, 3.05) is 18.8 Å². The van der Waals surface area contributed by atoms with Gasteiger partial charge < -0.3 is 11.1 Å². The van der Waals surface area contributed by atoms with E-state index in [1.807, 2.05) is 29.1 Å². The van der Waals surface area contributed by atoms with Gasteiger partial charge in [-0.05, 0) is 18.7 Å². The molecule has 5 nitrogen and oxygen atoms in total. The van der Waals surface area contributed by atoms with E-state index in [0.29, 0.717) is 5.82 Å². The molecule has 3 aromatic rings. The Balaban J connectivity index is 2.11. The lowest BCUT2D eigenvalue weighted by molar-refractivity contribution is 0.569. The van der Waals surface area contributed by atoms with Crippen LogP contribution in [0.3, 0.4) is 0 Å². The number of fused-ring (bicyclic) bond motifs is 3. The Morgan fingerprint density at radius 2 is 2.20 bits per heavy atom. The maximum absolute atomic E-state index is 6.02. The van der Waals surface area contributed by atoms with Crippen molar-refractivity contribution in [3.63, 3.8) is 0 Å². The first kappa shape index (κ1) is 13.3. The average molecular weight is 334 g/mol. The fourth-order valence-electron chi connectivity index (χ4n) is 2.30. The van der Waals surface area contributed by atoms with Crippen molar-refractivity contribution >= 4 is 43.6 Å². The lowest BCUT2D eigenvalue weighted by Crippen LogP contribution is -2.19. The Bertz CT molecular complexity index is 765. The summed E-state index contributed by atoms with van der Waals surface area (Å²) in [6.07, 6.45) is 2.04. The summed E-state index contributed by atoms with van der Waals surface area (Å²) in [6.45, 7) is 4.76. The molecular weight excluding hydrogens is 318 g/mol. The van der Waals surface area contributed by atoms with Crippen LogP contribution in [0.2, 0.25) is 0 Å². The third-order valence-electron chi connectivity index (χ3n) is 3.26. The molecule has 0 aliphatic carbocycles. The Morgan fingerprint density at radius 1 is 1.35 bits per heavy atom. The molecule has 0 atom stereocenters. The molecule has 0 saturated heterocycles. The van der Waals surface area contributed by atoms with Crippen LogP contribution in [-0.2, 0) is 6.54 Å². The highest BCUT2D eigenvalue weighted by Crippen LogP contribution is 2.28. The number of rotatable bonds is 4. The topological polar surface area (TPSA) is 68.8 Å². The second-order valence-corrected chi connectivity index (χ2v) is 5.58. The molecule has 0 spiro atoms. The number of pyridine rings is 1. The zero-order valence-corrected chi connectivity index (χ0v) is 12.8. The number of nitrogens with one attached hydrogen (secondary N) is 1. The summed E-state index contributed by atoms with van der Waals surface area (Å²) < 4.78 is 2.92. The van der Waals surface area contributed by atoms with E-state index in [4.69, 9.17) is 5.73 Å². The molecule has 104 valence electrons. The van der Waals surface area contributed by atoms with Crippen molar-refractivity contribution < 1.29 is 0 Å². The van der Waals surface area contributed by atoms with Gasteiger partial charge in [-0.2, -0.15) is 5.10 Å². The van der Waals surface area contributed by atoms with Crippen LogP contribution in [0, 0.1) is 0 Å². The summed E-state index contributed by atoms with van der Waals surface area (Å²) in [5.74, 6) is 0.479. The minimum atomic E-state index is 0.479. The van der Waals surface area contributed by atoms with E-state index < -0.39 is 0 Å². The van der Waals surface area contributed by atoms with Gasteiger partial charge in [0, 0.05) is 28.0 Å². The van der Waals surface area contributed by atoms with Crippen LogP contribution in [0.4, 0.5) is 5.82 Å². The van der Waals surface area contributed by atoms with Crippen LogP contribution in [0.1, 0.15) is 6.92 Å². The van der Waals surface area contributed by atoms with Crippen LogP contribution in [0.25, 0.3) is 21.8 Å². The summed E-state index contributed by atoms with van der Waals surface area (Å²) in [6, 6.07) is 6.03. The van der Waals surface area contributed by atoms with Gasteiger partial charge in [-0.1, -0.05) is 28.9 Å². The highest BCUT2D eigenvalue weighted by atomic mass is 79.9. The van der Waals surface area contributed by atoms with E-state index in [9.17, 15) is 0 Å². The maximum atomic E-state index is 6.02. The number of anilines is 1. The second-order valence-electron chi connectivity index (χ2n) is 4.67. The Morgan fingerprint density at radius 3 is 3.00 bits per heavy atom. The molecule has 20 heavy (non-hydrogen) atoms. The lowest BCUT2D eigenvalue weighted by Gasteiger charge is -2.01. The Hall–Kier alpha value is -1.66. The van der Waals surface area contributed by atoms with E-state index in [0.717, 1.165) is 45.9 Å². The quantitative estimate of drug-likeness (QED) is 0.720. The van der Waals surface area contributed by atoms with Crippen LogP contribution >= 0.6 is 15.9 Å². The molecule has 3 rings (SSSR count). The summed E-state index contributed by atoms with van der Waals surface area (Å²) in [4.78, 5) is 4.43. The van der Waals surface area contributed by atoms with Crippen molar-refractivity contribution in [3.05, 3.63) is 28.9 Å². The fraction of sp³-hybridized carbons (Fsp3) is 0.286. The van der Waals surface area contributed by atoms with Gasteiger partial charge in [0.15, 0.2) is 5.82 Å². The van der Waals surface area contributed by atoms with Crippen LogP contribution in [0.15, 0.2) is 28.9 Å². The fourth-order valence-corrected chi connectivity index (χ4v) is 2.65. The predicted octanol–water partition coefficient (Wildman–Crippen LogP) is 2.54. The molecule has 2 heterocycles. The zero-order valence-electron chi connectivity index (χ0n) is 11.2. The van der Waals surface area contributed by atoms with E-state index >= 15 is 0 Å². The number of hydrogen-bond acceptors (Lipinski definition) is 4. The number of nitrogen functional groups attached to an aromatic ring is 1. The molecule has 6 heteroatoms. The predicted molar refractivity (Wildman–Crippen MR) is 85.7 cm³/mol. The average Bonchev–Trinajstić information content (AvgIpc) is 2.83. The van der Waals surface area contributed by atoms with E-state index in [1.54, 1.807) is 0 Å². The number of halogens is 1. The highest BCUT2D eigenvalue weighted by molar-refractivity contribution is 9.10. The molecule has 0 saturated carbocycles. The molecule has 1 aromatic carbocycles. The number of aromatic nitrogens is 3. The monoisotopic (exact) mass is 333 g/mol. The minimum Gasteiger partial charge on any atom is -0.382 e. The summed E-state index contributed by atoms with van der Waals surface area (Å²) in [5, 5.41) is 9.95. The van der Waals surface area contributed by atoms with Crippen molar-refractivity contribution in [3.8, 4) is 0 Å². The highest BCUT2D eigenvalue weighted by Gasteiger charge is 2.10. The van der Waals surface area contributed by atoms with Crippen molar-refractivity contribution in [1.29, 1.82) is 0 Å². The van der Waals surface area contributed by atoms with Gasteiger partial charge in [0.05, 0.1) is 12.1 Å². The first-order chi connectivity index (χ1) is 9.69. The number of nitrogens with two attached hydrogens (primary N) is 1. The molecule has 0 aliphatic heterocycles. The second kappa shape index (κ2) is 5.38. The molecule has 0 bridgehead atoms. The van der Waals surface area contributed by atoms with Gasteiger partial charge in [-0.15, -0.1) is 0 Å².